The maximum absolute atomic E-state index is 13.6. The molecule has 0 saturated heterocycles. The molecule has 3 rings (SSSR count). The predicted molar refractivity (Wildman–Crippen MR) is 106 cm³/mol. The van der Waals surface area contributed by atoms with Crippen LogP contribution in [0.5, 0.6) is 0 Å². The minimum Gasteiger partial charge on any atom is -0.308 e. The minimum atomic E-state index is -0.417. The summed E-state index contributed by atoms with van der Waals surface area (Å²) >= 11 is 1.50. The average Bonchev–Trinajstić information content (AvgIpc) is 2.98. The Morgan fingerprint density at radius 3 is 2.62 bits per heavy atom. The molecule has 26 heavy (non-hydrogen) atoms. The van der Waals surface area contributed by atoms with Crippen molar-refractivity contribution in [2.75, 3.05) is 32.1 Å². The number of amides is 1. The molecular weight excluding hydrogens is 349 g/mol. The molecular formula is C20H22FN3OS. The molecule has 0 spiro atoms. The van der Waals surface area contributed by atoms with Crippen LogP contribution in [0.1, 0.15) is 21.5 Å². The van der Waals surface area contributed by atoms with Gasteiger partial charge in [0.05, 0.1) is 10.2 Å². The van der Waals surface area contributed by atoms with Crippen LogP contribution in [0.4, 0.5) is 9.52 Å². The summed E-state index contributed by atoms with van der Waals surface area (Å²) in [5.41, 5.74) is 3.51. The molecule has 0 saturated carbocycles. The van der Waals surface area contributed by atoms with E-state index in [2.05, 4.69) is 13.0 Å². The molecule has 1 amide bonds. The van der Waals surface area contributed by atoms with Crippen molar-refractivity contribution in [2.24, 2.45) is 0 Å². The normalized spacial score (nSPS) is 11.3. The first-order valence-electron chi connectivity index (χ1n) is 8.45. The quantitative estimate of drug-likeness (QED) is 0.672. The van der Waals surface area contributed by atoms with Gasteiger partial charge in [-0.15, -0.1) is 0 Å². The number of aryl methyl sites for hydroxylation is 2. The fourth-order valence-corrected chi connectivity index (χ4v) is 3.88. The van der Waals surface area contributed by atoms with Crippen molar-refractivity contribution in [3.8, 4) is 0 Å². The Morgan fingerprint density at radius 2 is 1.92 bits per heavy atom. The van der Waals surface area contributed by atoms with E-state index >= 15 is 0 Å². The summed E-state index contributed by atoms with van der Waals surface area (Å²) in [5, 5.41) is 0.643. The highest BCUT2D eigenvalue weighted by atomic mass is 32.1. The van der Waals surface area contributed by atoms with Crippen LogP contribution in [0.15, 0.2) is 36.4 Å². The molecule has 0 aliphatic rings. The number of hydrogen-bond donors (Lipinski definition) is 0. The predicted octanol–water partition coefficient (Wildman–Crippen LogP) is 4.26. The van der Waals surface area contributed by atoms with Gasteiger partial charge in [-0.3, -0.25) is 9.69 Å². The van der Waals surface area contributed by atoms with E-state index in [1.165, 1.54) is 23.5 Å². The fourth-order valence-electron chi connectivity index (χ4n) is 2.84. The number of rotatable bonds is 5. The number of nitrogens with zero attached hydrogens (tertiary/aromatic N) is 3. The lowest BCUT2D eigenvalue weighted by Gasteiger charge is -2.22. The number of halogens is 1. The molecule has 0 unspecified atom stereocenters. The largest absolute Gasteiger partial charge is 0.308 e. The molecule has 1 heterocycles. The highest BCUT2D eigenvalue weighted by Gasteiger charge is 2.22. The topological polar surface area (TPSA) is 36.4 Å². The number of thiazole rings is 1. The van der Waals surface area contributed by atoms with E-state index in [0.717, 1.165) is 21.3 Å². The van der Waals surface area contributed by atoms with Crippen molar-refractivity contribution >= 4 is 32.6 Å². The Labute approximate surface area is 156 Å². The summed E-state index contributed by atoms with van der Waals surface area (Å²) in [6.45, 7) is 5.26. The first-order valence-corrected chi connectivity index (χ1v) is 9.27. The van der Waals surface area contributed by atoms with Crippen LogP contribution in [-0.2, 0) is 0 Å². The SMILES string of the molecule is Cc1cc(C)c2sc(N(CCN(C)C)C(=O)c3cccc(F)c3)nc2c1. The molecule has 4 nitrogen and oxygen atoms in total. The van der Waals surface area contributed by atoms with Gasteiger partial charge in [-0.2, -0.15) is 0 Å². The van der Waals surface area contributed by atoms with Gasteiger partial charge in [-0.1, -0.05) is 23.5 Å². The molecule has 136 valence electrons. The van der Waals surface area contributed by atoms with Gasteiger partial charge in [0.2, 0.25) is 0 Å². The van der Waals surface area contributed by atoms with Gasteiger partial charge in [0.15, 0.2) is 5.13 Å². The highest BCUT2D eigenvalue weighted by molar-refractivity contribution is 7.22. The summed E-state index contributed by atoms with van der Waals surface area (Å²) < 4.78 is 14.7. The Balaban J connectivity index is 2.03. The van der Waals surface area contributed by atoms with Crippen molar-refractivity contribution in [2.45, 2.75) is 13.8 Å². The number of hydrogen-bond acceptors (Lipinski definition) is 4. The van der Waals surface area contributed by atoms with E-state index in [1.54, 1.807) is 17.0 Å². The molecule has 0 atom stereocenters. The third-order valence-electron chi connectivity index (χ3n) is 4.13. The van der Waals surface area contributed by atoms with Gasteiger partial charge in [0, 0.05) is 18.7 Å². The summed E-state index contributed by atoms with van der Waals surface area (Å²) in [6.07, 6.45) is 0. The second-order valence-corrected chi connectivity index (χ2v) is 7.67. The third kappa shape index (κ3) is 3.92. The lowest BCUT2D eigenvalue weighted by Crippen LogP contribution is -2.36. The van der Waals surface area contributed by atoms with Crippen LogP contribution in [0.3, 0.4) is 0 Å². The first kappa shape index (κ1) is 18.5. The summed E-state index contributed by atoms with van der Waals surface area (Å²) in [5.74, 6) is -0.654. The number of fused-ring (bicyclic) bond motifs is 1. The molecule has 0 N–H and O–H groups in total. The zero-order chi connectivity index (χ0) is 18.8. The monoisotopic (exact) mass is 371 g/mol. The van der Waals surface area contributed by atoms with Crippen LogP contribution in [0, 0.1) is 19.7 Å². The Hall–Kier alpha value is -2.31. The maximum Gasteiger partial charge on any atom is 0.260 e. The highest BCUT2D eigenvalue weighted by Crippen LogP contribution is 2.32. The number of carbonyl (C=O) groups is 1. The number of carbonyl (C=O) groups excluding carboxylic acids is 1. The van der Waals surface area contributed by atoms with Crippen molar-refractivity contribution < 1.29 is 9.18 Å². The van der Waals surface area contributed by atoms with Gasteiger partial charge in [0.25, 0.3) is 5.91 Å². The number of benzene rings is 2. The van der Waals surface area contributed by atoms with E-state index < -0.39 is 5.82 Å². The molecule has 0 fully saturated rings. The van der Waals surface area contributed by atoms with Gasteiger partial charge in [-0.05, 0) is 63.3 Å². The summed E-state index contributed by atoms with van der Waals surface area (Å²) in [6, 6.07) is 9.94. The number of likely N-dealkylation sites (N-methyl/N-ethyl adjacent to an activating group) is 1. The van der Waals surface area contributed by atoms with Crippen molar-refractivity contribution in [1.29, 1.82) is 0 Å². The van der Waals surface area contributed by atoms with Crippen molar-refractivity contribution in [3.63, 3.8) is 0 Å². The first-order chi connectivity index (χ1) is 12.3. The summed E-state index contributed by atoms with van der Waals surface area (Å²) in [4.78, 5) is 21.4. The molecule has 0 radical (unpaired) electrons. The molecule has 3 aromatic rings. The average molecular weight is 371 g/mol. The Morgan fingerprint density at radius 1 is 1.15 bits per heavy atom. The fraction of sp³-hybridized carbons (Fsp3) is 0.300. The lowest BCUT2D eigenvalue weighted by atomic mass is 10.1. The minimum absolute atomic E-state index is 0.236. The Bertz CT molecular complexity index is 951. The van der Waals surface area contributed by atoms with E-state index in [4.69, 9.17) is 4.98 Å². The van der Waals surface area contributed by atoms with E-state index in [0.29, 0.717) is 23.8 Å². The second-order valence-electron chi connectivity index (χ2n) is 6.70. The van der Waals surface area contributed by atoms with Crippen LogP contribution in [-0.4, -0.2) is 43.0 Å². The van der Waals surface area contributed by atoms with Gasteiger partial charge >= 0.3 is 0 Å². The van der Waals surface area contributed by atoms with Crippen LogP contribution >= 0.6 is 11.3 Å². The number of aromatic nitrogens is 1. The van der Waals surface area contributed by atoms with E-state index in [-0.39, 0.29) is 5.91 Å². The Kier molecular flexibility index (Phi) is 5.34. The smallest absolute Gasteiger partial charge is 0.260 e. The van der Waals surface area contributed by atoms with Gasteiger partial charge < -0.3 is 4.90 Å². The van der Waals surface area contributed by atoms with Gasteiger partial charge in [0.1, 0.15) is 5.82 Å². The van der Waals surface area contributed by atoms with Crippen molar-refractivity contribution in [1.82, 2.24) is 9.88 Å². The van der Waals surface area contributed by atoms with Crippen LogP contribution in [0.25, 0.3) is 10.2 Å². The molecule has 0 aliphatic heterocycles. The number of anilines is 1. The molecule has 6 heteroatoms. The summed E-state index contributed by atoms with van der Waals surface area (Å²) in [7, 11) is 3.91. The van der Waals surface area contributed by atoms with Crippen molar-refractivity contribution in [3.05, 3.63) is 58.9 Å². The van der Waals surface area contributed by atoms with Crippen LogP contribution in [0.2, 0.25) is 0 Å². The third-order valence-corrected chi connectivity index (χ3v) is 5.36. The zero-order valence-electron chi connectivity index (χ0n) is 15.4. The lowest BCUT2D eigenvalue weighted by molar-refractivity contribution is 0.0985. The van der Waals surface area contributed by atoms with Crippen LogP contribution < -0.4 is 4.90 Å². The molecule has 2 aromatic carbocycles. The van der Waals surface area contributed by atoms with E-state index in [1.807, 2.05) is 32.0 Å². The second kappa shape index (κ2) is 7.51. The molecule has 1 aromatic heterocycles. The molecule has 0 bridgehead atoms. The maximum atomic E-state index is 13.6. The molecule has 0 aliphatic carbocycles. The van der Waals surface area contributed by atoms with E-state index in [9.17, 15) is 9.18 Å². The van der Waals surface area contributed by atoms with Gasteiger partial charge in [-0.25, -0.2) is 9.37 Å². The standard InChI is InChI=1S/C20H22FN3OS/c1-13-10-14(2)18-17(11-13)22-20(26-18)24(9-8-23(3)4)19(25)15-6-5-7-16(21)12-15/h5-7,10-12H,8-9H2,1-4H3. The zero-order valence-corrected chi connectivity index (χ0v) is 16.2.